The van der Waals surface area contributed by atoms with Gasteiger partial charge in [0.1, 0.15) is 12.7 Å². The Morgan fingerprint density at radius 1 is 1.34 bits per heavy atom. The van der Waals surface area contributed by atoms with Gasteiger partial charge in [-0.2, -0.15) is 5.10 Å². The molecule has 184 valence electrons. The highest BCUT2D eigenvalue weighted by Crippen LogP contribution is 2.45. The molecule has 5 rings (SSSR count). The van der Waals surface area contributed by atoms with Crippen molar-refractivity contribution in [2.24, 2.45) is 0 Å². The van der Waals surface area contributed by atoms with Crippen molar-refractivity contribution in [3.63, 3.8) is 0 Å². The second kappa shape index (κ2) is 9.73. The van der Waals surface area contributed by atoms with Gasteiger partial charge >= 0.3 is 6.03 Å². The zero-order valence-electron chi connectivity index (χ0n) is 19.3. The second-order valence-electron chi connectivity index (χ2n) is 8.62. The first-order chi connectivity index (χ1) is 17.0. The third kappa shape index (κ3) is 4.64. The van der Waals surface area contributed by atoms with Crippen molar-refractivity contribution in [3.05, 3.63) is 47.9 Å². The van der Waals surface area contributed by atoms with Gasteiger partial charge in [0.15, 0.2) is 0 Å². The number of nitrogens with zero attached hydrogens (tertiary/aromatic N) is 5. The molecule has 4 heterocycles. The molecular weight excluding hydrogens is 472 g/mol. The fourth-order valence-electron chi connectivity index (χ4n) is 4.52. The molecule has 3 aromatic rings. The van der Waals surface area contributed by atoms with Gasteiger partial charge < -0.3 is 25.2 Å². The van der Waals surface area contributed by atoms with Crippen molar-refractivity contribution in [1.82, 2.24) is 14.8 Å². The van der Waals surface area contributed by atoms with Crippen molar-refractivity contribution in [2.75, 3.05) is 41.4 Å². The van der Waals surface area contributed by atoms with Crippen LogP contribution >= 0.6 is 11.6 Å². The average Bonchev–Trinajstić information content (AvgIpc) is 3.51. The van der Waals surface area contributed by atoms with Crippen LogP contribution in [-0.2, 0) is 6.54 Å². The first-order valence-corrected chi connectivity index (χ1v) is 11.9. The van der Waals surface area contributed by atoms with Crippen LogP contribution in [0.5, 0.6) is 5.88 Å². The van der Waals surface area contributed by atoms with E-state index in [0.717, 1.165) is 48.6 Å². The minimum atomic E-state index is -1.00. The van der Waals surface area contributed by atoms with E-state index in [4.69, 9.17) is 21.4 Å². The Labute approximate surface area is 207 Å². The quantitative estimate of drug-likeness (QED) is 0.458. The zero-order valence-corrected chi connectivity index (χ0v) is 20.0. The molecule has 0 spiro atoms. The fourth-order valence-corrected chi connectivity index (χ4v) is 4.79. The molecule has 3 N–H and O–H groups in total. The van der Waals surface area contributed by atoms with Crippen LogP contribution in [0.4, 0.5) is 21.9 Å². The van der Waals surface area contributed by atoms with Crippen molar-refractivity contribution in [1.29, 1.82) is 0 Å². The van der Waals surface area contributed by atoms with Gasteiger partial charge in [0.25, 0.3) is 0 Å². The van der Waals surface area contributed by atoms with Gasteiger partial charge in [0.2, 0.25) is 5.88 Å². The van der Waals surface area contributed by atoms with E-state index in [9.17, 15) is 9.90 Å². The number of aryl methyl sites for hydroxylation is 1. The molecule has 0 saturated carbocycles. The summed E-state index contributed by atoms with van der Waals surface area (Å²) < 4.78 is 7.24. The first kappa shape index (κ1) is 23.4. The molecule has 1 saturated heterocycles. The standard InChI is InChI=1S/C24H27ClN6O4/c1-2-30-11-15(10-27-30)19-8-22-21(9-20(19)25)29-6-4-17(12-29)31(22)24(34)28-16-3-5-26-23(7-16)35-14-18(33)13-32/h3,5,7-11,17-18,32-33H,2,4,6,12-14H2,1H3,(H,26,28,34)/t17-,18-/m0/s1. The highest BCUT2D eigenvalue weighted by molar-refractivity contribution is 6.34. The minimum absolute atomic E-state index is 0.0344. The molecule has 11 heteroatoms. The van der Waals surface area contributed by atoms with E-state index in [0.29, 0.717) is 10.7 Å². The van der Waals surface area contributed by atoms with Gasteiger partial charge in [-0.1, -0.05) is 11.6 Å². The largest absolute Gasteiger partial charge is 0.475 e. The number of halogens is 1. The van der Waals surface area contributed by atoms with Crippen molar-refractivity contribution < 1.29 is 19.7 Å². The molecule has 2 aliphatic rings. The second-order valence-corrected chi connectivity index (χ2v) is 9.03. The third-order valence-electron chi connectivity index (χ3n) is 6.30. The molecule has 0 unspecified atom stereocenters. The topological polar surface area (TPSA) is 116 Å². The van der Waals surface area contributed by atoms with Crippen LogP contribution in [0.15, 0.2) is 42.9 Å². The minimum Gasteiger partial charge on any atom is -0.475 e. The van der Waals surface area contributed by atoms with Gasteiger partial charge in [-0.05, 0) is 31.5 Å². The molecule has 2 amide bonds. The van der Waals surface area contributed by atoms with Crippen LogP contribution in [-0.4, -0.2) is 69.5 Å². The monoisotopic (exact) mass is 498 g/mol. The van der Waals surface area contributed by atoms with E-state index in [1.165, 1.54) is 6.20 Å². The number of aromatic nitrogens is 3. The summed E-state index contributed by atoms with van der Waals surface area (Å²) in [6, 6.07) is 6.93. The Bertz CT molecular complexity index is 1230. The predicted octanol–water partition coefficient (Wildman–Crippen LogP) is 2.98. The van der Waals surface area contributed by atoms with Crippen molar-refractivity contribution >= 4 is 34.7 Å². The number of urea groups is 1. The van der Waals surface area contributed by atoms with E-state index >= 15 is 0 Å². The SMILES string of the molecule is CCn1cc(-c2cc3c(cc2Cl)N2CC[C@@H](C2)N3C(=O)Nc2ccnc(OC[C@@H](O)CO)c2)cn1. The van der Waals surface area contributed by atoms with Crippen LogP contribution in [0.1, 0.15) is 13.3 Å². The Kier molecular flexibility index (Phi) is 6.50. The molecule has 2 aliphatic heterocycles. The Morgan fingerprint density at radius 2 is 2.20 bits per heavy atom. The Balaban J connectivity index is 1.43. The molecule has 35 heavy (non-hydrogen) atoms. The van der Waals surface area contributed by atoms with E-state index in [1.807, 2.05) is 29.9 Å². The molecule has 2 atom stereocenters. The van der Waals surface area contributed by atoms with Crippen LogP contribution < -0.4 is 19.9 Å². The maximum absolute atomic E-state index is 13.5. The summed E-state index contributed by atoms with van der Waals surface area (Å²) in [6.45, 7) is 3.86. The lowest BCUT2D eigenvalue weighted by atomic mass is 10.0. The molecule has 1 aromatic carbocycles. The summed E-state index contributed by atoms with van der Waals surface area (Å²) in [4.78, 5) is 21.7. The van der Waals surface area contributed by atoms with E-state index < -0.39 is 12.7 Å². The number of rotatable bonds is 7. The normalized spacial score (nSPS) is 17.3. The van der Waals surface area contributed by atoms with E-state index in [2.05, 4.69) is 20.3 Å². The first-order valence-electron chi connectivity index (χ1n) is 11.6. The number of carbonyl (C=O) groups is 1. The number of ether oxygens (including phenoxy) is 1. The molecular formula is C24H27ClN6O4. The van der Waals surface area contributed by atoms with Crippen LogP contribution in [0.25, 0.3) is 11.1 Å². The lowest BCUT2D eigenvalue weighted by molar-refractivity contribution is 0.0521. The lowest BCUT2D eigenvalue weighted by Gasteiger charge is -2.37. The summed E-state index contributed by atoms with van der Waals surface area (Å²) in [5.74, 6) is 0.239. The number of hydrogen-bond donors (Lipinski definition) is 3. The van der Waals surface area contributed by atoms with Crippen molar-refractivity contribution in [2.45, 2.75) is 32.0 Å². The number of fused-ring (bicyclic) bond motifs is 4. The summed E-state index contributed by atoms with van der Waals surface area (Å²) in [5, 5.41) is 26.4. The number of hydrogen-bond acceptors (Lipinski definition) is 7. The zero-order chi connectivity index (χ0) is 24.5. The number of benzene rings is 1. The number of aliphatic hydroxyl groups excluding tert-OH is 2. The molecule has 10 nitrogen and oxygen atoms in total. The number of carbonyl (C=O) groups excluding carboxylic acids is 1. The fraction of sp³-hybridized carbons (Fsp3) is 0.375. The van der Waals surface area contributed by atoms with E-state index in [-0.39, 0.29) is 24.6 Å². The van der Waals surface area contributed by atoms with Crippen LogP contribution in [0.3, 0.4) is 0 Å². The highest BCUT2D eigenvalue weighted by Gasteiger charge is 2.39. The summed E-state index contributed by atoms with van der Waals surface area (Å²) >= 11 is 6.68. The number of anilines is 3. The van der Waals surface area contributed by atoms with Crippen LogP contribution in [0.2, 0.25) is 5.02 Å². The number of aliphatic hydroxyl groups is 2. The third-order valence-corrected chi connectivity index (χ3v) is 6.61. The molecule has 1 fully saturated rings. The number of nitrogens with one attached hydrogen (secondary N) is 1. The maximum atomic E-state index is 13.5. The summed E-state index contributed by atoms with van der Waals surface area (Å²) in [7, 11) is 0. The molecule has 2 aromatic heterocycles. The molecule has 0 radical (unpaired) electrons. The van der Waals surface area contributed by atoms with Gasteiger partial charge in [-0.15, -0.1) is 0 Å². The molecule has 2 bridgehead atoms. The predicted molar refractivity (Wildman–Crippen MR) is 133 cm³/mol. The summed E-state index contributed by atoms with van der Waals surface area (Å²) in [6.07, 6.45) is 5.09. The van der Waals surface area contributed by atoms with Gasteiger partial charge in [-0.25, -0.2) is 9.78 Å². The Hall–Kier alpha value is -3.34. The Morgan fingerprint density at radius 3 is 2.97 bits per heavy atom. The van der Waals surface area contributed by atoms with Crippen molar-refractivity contribution in [3.8, 4) is 17.0 Å². The lowest BCUT2D eigenvalue weighted by Crippen LogP contribution is -2.47. The summed E-state index contributed by atoms with van der Waals surface area (Å²) in [5.41, 5.74) is 3.97. The van der Waals surface area contributed by atoms with Crippen LogP contribution in [0, 0.1) is 0 Å². The van der Waals surface area contributed by atoms with E-state index in [1.54, 1.807) is 23.2 Å². The number of amides is 2. The highest BCUT2D eigenvalue weighted by atomic mass is 35.5. The average molecular weight is 499 g/mol. The number of pyridine rings is 1. The van der Waals surface area contributed by atoms with Gasteiger partial charge in [0.05, 0.1) is 35.2 Å². The maximum Gasteiger partial charge on any atom is 0.326 e. The van der Waals surface area contributed by atoms with Gasteiger partial charge in [0, 0.05) is 54.9 Å². The molecule has 0 aliphatic carbocycles. The smallest absolute Gasteiger partial charge is 0.326 e. The van der Waals surface area contributed by atoms with Gasteiger partial charge in [-0.3, -0.25) is 9.58 Å².